The summed E-state index contributed by atoms with van der Waals surface area (Å²) >= 11 is 0. The van der Waals surface area contributed by atoms with E-state index < -0.39 is 12.0 Å². The van der Waals surface area contributed by atoms with Crippen LogP contribution in [-0.4, -0.2) is 47.0 Å². The third kappa shape index (κ3) is 6.38. The fraction of sp³-hybridized carbons (Fsp3) is 0.526. The minimum absolute atomic E-state index is 0.0404. The molecule has 144 valence electrons. The number of nitrogens with one attached hydrogen (secondary N) is 1. The SMILES string of the molecule is CCOc1ccccc1C(CC(=O)N(CC(=O)O)C(C)CC)NC(C)=O. The number of carboxylic acids is 1. The zero-order valence-corrected chi connectivity index (χ0v) is 15.8. The number of para-hydroxylation sites is 1. The minimum Gasteiger partial charge on any atom is -0.494 e. The van der Waals surface area contributed by atoms with Crippen LogP contribution in [0, 0.1) is 0 Å². The molecule has 2 amide bonds. The molecule has 0 aliphatic carbocycles. The fourth-order valence-electron chi connectivity index (χ4n) is 2.69. The van der Waals surface area contributed by atoms with Crippen LogP contribution in [-0.2, 0) is 14.4 Å². The third-order valence-electron chi connectivity index (χ3n) is 4.10. The number of hydrogen-bond donors (Lipinski definition) is 2. The van der Waals surface area contributed by atoms with Gasteiger partial charge in [0.1, 0.15) is 12.3 Å². The van der Waals surface area contributed by atoms with Crippen LogP contribution in [0.2, 0.25) is 0 Å². The molecule has 1 rings (SSSR count). The second-order valence-electron chi connectivity index (χ2n) is 6.10. The Bertz CT molecular complexity index is 632. The zero-order chi connectivity index (χ0) is 19.7. The van der Waals surface area contributed by atoms with E-state index in [1.807, 2.05) is 26.8 Å². The second-order valence-corrected chi connectivity index (χ2v) is 6.10. The van der Waals surface area contributed by atoms with Crippen molar-refractivity contribution in [1.82, 2.24) is 10.2 Å². The summed E-state index contributed by atoms with van der Waals surface area (Å²) in [6, 6.07) is 6.39. The molecule has 2 atom stereocenters. The topological polar surface area (TPSA) is 95.9 Å². The number of aliphatic carboxylic acids is 1. The third-order valence-corrected chi connectivity index (χ3v) is 4.10. The highest BCUT2D eigenvalue weighted by Gasteiger charge is 2.27. The van der Waals surface area contributed by atoms with E-state index in [0.717, 1.165) is 0 Å². The molecule has 0 saturated carbocycles. The first-order chi connectivity index (χ1) is 12.3. The van der Waals surface area contributed by atoms with Gasteiger partial charge < -0.3 is 20.1 Å². The largest absolute Gasteiger partial charge is 0.494 e. The lowest BCUT2D eigenvalue weighted by atomic mass is 10.0. The molecule has 1 aromatic carbocycles. The molecular weight excluding hydrogens is 336 g/mol. The molecule has 0 aliphatic heterocycles. The highest BCUT2D eigenvalue weighted by Crippen LogP contribution is 2.28. The van der Waals surface area contributed by atoms with Gasteiger partial charge in [-0.25, -0.2) is 0 Å². The molecule has 0 saturated heterocycles. The zero-order valence-electron chi connectivity index (χ0n) is 15.8. The van der Waals surface area contributed by atoms with Crippen LogP contribution >= 0.6 is 0 Å². The summed E-state index contributed by atoms with van der Waals surface area (Å²) in [6.07, 6.45) is 0.598. The van der Waals surface area contributed by atoms with E-state index in [2.05, 4.69) is 5.32 Å². The number of amides is 2. The van der Waals surface area contributed by atoms with E-state index in [0.29, 0.717) is 24.3 Å². The van der Waals surface area contributed by atoms with Crippen LogP contribution in [0.25, 0.3) is 0 Å². The standard InChI is InChI=1S/C19H28N2O5/c1-5-13(3)21(12-19(24)25)18(23)11-16(20-14(4)22)15-9-7-8-10-17(15)26-6-2/h7-10,13,16H,5-6,11-12H2,1-4H3,(H,20,22)(H,24,25). The van der Waals surface area contributed by atoms with Crippen LogP contribution in [0.5, 0.6) is 5.75 Å². The molecular formula is C19H28N2O5. The molecule has 2 unspecified atom stereocenters. The van der Waals surface area contributed by atoms with E-state index in [9.17, 15) is 14.4 Å². The van der Waals surface area contributed by atoms with Crippen molar-refractivity contribution < 1.29 is 24.2 Å². The number of ether oxygens (including phenoxy) is 1. The van der Waals surface area contributed by atoms with Gasteiger partial charge in [0, 0.05) is 18.5 Å². The molecule has 0 fully saturated rings. The number of nitrogens with zero attached hydrogens (tertiary/aromatic N) is 1. The van der Waals surface area contributed by atoms with E-state index in [4.69, 9.17) is 9.84 Å². The monoisotopic (exact) mass is 364 g/mol. The van der Waals surface area contributed by atoms with E-state index in [1.165, 1.54) is 11.8 Å². The van der Waals surface area contributed by atoms with Crippen LogP contribution in [0.4, 0.5) is 0 Å². The minimum atomic E-state index is -1.07. The highest BCUT2D eigenvalue weighted by molar-refractivity contribution is 5.83. The number of carbonyl (C=O) groups excluding carboxylic acids is 2. The average Bonchev–Trinajstić information content (AvgIpc) is 2.58. The maximum absolute atomic E-state index is 12.8. The van der Waals surface area contributed by atoms with Crippen LogP contribution < -0.4 is 10.1 Å². The summed E-state index contributed by atoms with van der Waals surface area (Å²) in [5.74, 6) is -1.08. The van der Waals surface area contributed by atoms with E-state index in [1.54, 1.807) is 18.2 Å². The number of carbonyl (C=O) groups is 3. The Morgan fingerprint density at radius 1 is 1.23 bits per heavy atom. The predicted molar refractivity (Wildman–Crippen MR) is 97.9 cm³/mol. The maximum atomic E-state index is 12.8. The lowest BCUT2D eigenvalue weighted by molar-refractivity contribution is -0.146. The second kappa shape index (κ2) is 10.4. The van der Waals surface area contributed by atoms with Crippen molar-refractivity contribution in [2.75, 3.05) is 13.2 Å². The smallest absolute Gasteiger partial charge is 0.323 e. The van der Waals surface area contributed by atoms with Crippen molar-refractivity contribution in [1.29, 1.82) is 0 Å². The quantitative estimate of drug-likeness (QED) is 0.664. The lowest BCUT2D eigenvalue weighted by Crippen LogP contribution is -2.43. The van der Waals surface area contributed by atoms with Crippen molar-refractivity contribution in [3.8, 4) is 5.75 Å². The average molecular weight is 364 g/mol. The summed E-state index contributed by atoms with van der Waals surface area (Å²) in [5.41, 5.74) is 0.692. The Balaban J connectivity index is 3.11. The molecule has 0 spiro atoms. The van der Waals surface area contributed by atoms with Crippen molar-refractivity contribution >= 4 is 17.8 Å². The van der Waals surface area contributed by atoms with Gasteiger partial charge in [-0.05, 0) is 26.3 Å². The molecule has 1 aromatic rings. The Labute approximate surface area is 154 Å². The van der Waals surface area contributed by atoms with Crippen molar-refractivity contribution in [2.24, 2.45) is 0 Å². The van der Waals surface area contributed by atoms with Gasteiger partial charge >= 0.3 is 5.97 Å². The van der Waals surface area contributed by atoms with Crippen LogP contribution in [0.15, 0.2) is 24.3 Å². The summed E-state index contributed by atoms with van der Waals surface area (Å²) in [6.45, 7) is 7.02. The van der Waals surface area contributed by atoms with Gasteiger partial charge in [0.2, 0.25) is 11.8 Å². The molecule has 2 N–H and O–H groups in total. The number of rotatable bonds is 10. The molecule has 0 aliphatic rings. The molecule has 7 heteroatoms. The van der Waals surface area contributed by atoms with Gasteiger partial charge in [0.05, 0.1) is 19.1 Å². The van der Waals surface area contributed by atoms with Gasteiger partial charge in [-0.1, -0.05) is 25.1 Å². The van der Waals surface area contributed by atoms with Gasteiger partial charge in [0.15, 0.2) is 0 Å². The van der Waals surface area contributed by atoms with Gasteiger partial charge in [-0.3, -0.25) is 14.4 Å². The fourth-order valence-corrected chi connectivity index (χ4v) is 2.69. The number of hydrogen-bond acceptors (Lipinski definition) is 4. The van der Waals surface area contributed by atoms with Crippen LogP contribution in [0.3, 0.4) is 0 Å². The molecule has 0 bridgehead atoms. The van der Waals surface area contributed by atoms with E-state index >= 15 is 0 Å². The highest BCUT2D eigenvalue weighted by atomic mass is 16.5. The Morgan fingerprint density at radius 2 is 1.88 bits per heavy atom. The molecule has 0 radical (unpaired) electrons. The van der Waals surface area contributed by atoms with Gasteiger partial charge in [-0.2, -0.15) is 0 Å². The summed E-state index contributed by atoms with van der Waals surface area (Å²) in [7, 11) is 0. The molecule has 0 aromatic heterocycles. The normalized spacial score (nSPS) is 12.8. The predicted octanol–water partition coefficient (Wildman–Crippen LogP) is 2.36. The summed E-state index contributed by atoms with van der Waals surface area (Å²) in [4.78, 5) is 36.9. The van der Waals surface area contributed by atoms with Gasteiger partial charge in [-0.15, -0.1) is 0 Å². The van der Waals surface area contributed by atoms with Crippen molar-refractivity contribution in [3.63, 3.8) is 0 Å². The Hall–Kier alpha value is -2.57. The van der Waals surface area contributed by atoms with Crippen molar-refractivity contribution in [2.45, 2.75) is 52.6 Å². The molecule has 0 heterocycles. The lowest BCUT2D eigenvalue weighted by Gasteiger charge is -2.29. The van der Waals surface area contributed by atoms with Gasteiger partial charge in [0.25, 0.3) is 0 Å². The maximum Gasteiger partial charge on any atom is 0.323 e. The van der Waals surface area contributed by atoms with Crippen LogP contribution in [0.1, 0.15) is 52.1 Å². The number of benzene rings is 1. The summed E-state index contributed by atoms with van der Waals surface area (Å²) < 4.78 is 5.60. The first-order valence-electron chi connectivity index (χ1n) is 8.80. The first-order valence-corrected chi connectivity index (χ1v) is 8.80. The molecule has 7 nitrogen and oxygen atoms in total. The number of carboxylic acid groups (broad SMARTS) is 1. The van der Waals surface area contributed by atoms with E-state index in [-0.39, 0.29) is 30.8 Å². The summed E-state index contributed by atoms with van der Waals surface area (Å²) in [5, 5.41) is 11.9. The first kappa shape index (κ1) is 21.5. The Kier molecular flexibility index (Phi) is 8.61. The molecule has 26 heavy (non-hydrogen) atoms. The van der Waals surface area contributed by atoms with Crippen molar-refractivity contribution in [3.05, 3.63) is 29.8 Å². The Morgan fingerprint density at radius 3 is 2.42 bits per heavy atom.